The van der Waals surface area contributed by atoms with Crippen LogP contribution in [0.2, 0.25) is 0 Å². The molecule has 2 heterocycles. The molecule has 1 saturated heterocycles. The third-order valence-electron chi connectivity index (χ3n) is 4.59. The van der Waals surface area contributed by atoms with Crippen molar-refractivity contribution in [2.75, 3.05) is 13.2 Å². The van der Waals surface area contributed by atoms with Crippen molar-refractivity contribution in [3.05, 3.63) is 68.5 Å². The van der Waals surface area contributed by atoms with E-state index in [9.17, 15) is 14.4 Å². The average molecular weight is 357 g/mol. The van der Waals surface area contributed by atoms with Crippen LogP contribution in [0.15, 0.2) is 46.1 Å². The highest BCUT2D eigenvalue weighted by Crippen LogP contribution is 2.13. The van der Waals surface area contributed by atoms with Gasteiger partial charge in [-0.1, -0.05) is 30.3 Å². The first-order valence-electron chi connectivity index (χ1n) is 8.87. The lowest BCUT2D eigenvalue weighted by Crippen LogP contribution is -2.43. The van der Waals surface area contributed by atoms with Crippen LogP contribution < -0.4 is 11.2 Å². The number of nitrogens with one attached hydrogen (secondary N) is 1. The smallest absolute Gasteiger partial charge is 0.328 e. The number of carbonyl (C=O) groups excluding carboxylic acids is 1. The third-order valence-corrected chi connectivity index (χ3v) is 4.59. The summed E-state index contributed by atoms with van der Waals surface area (Å²) in [4.78, 5) is 41.7. The molecule has 0 bridgehead atoms. The lowest BCUT2D eigenvalue weighted by molar-refractivity contribution is 0.0745. The van der Waals surface area contributed by atoms with Gasteiger partial charge in [0.25, 0.3) is 11.5 Å². The number of rotatable bonds is 6. The highest BCUT2D eigenvalue weighted by molar-refractivity contribution is 5.93. The van der Waals surface area contributed by atoms with Gasteiger partial charge in [-0.15, -0.1) is 0 Å². The molecule has 1 atom stereocenters. The summed E-state index contributed by atoms with van der Waals surface area (Å²) in [6.07, 6.45) is 2.77. The fourth-order valence-corrected chi connectivity index (χ4v) is 3.12. The maximum atomic E-state index is 12.9. The molecule has 26 heavy (non-hydrogen) atoms. The molecule has 1 aliphatic rings. The Hall–Kier alpha value is -2.67. The summed E-state index contributed by atoms with van der Waals surface area (Å²) in [6, 6.07) is 9.58. The van der Waals surface area contributed by atoms with Gasteiger partial charge in [0.2, 0.25) is 0 Å². The van der Waals surface area contributed by atoms with Crippen molar-refractivity contribution in [1.29, 1.82) is 0 Å². The van der Waals surface area contributed by atoms with Crippen molar-refractivity contribution in [2.45, 2.75) is 39.0 Å². The van der Waals surface area contributed by atoms with Crippen molar-refractivity contribution < 1.29 is 9.53 Å². The van der Waals surface area contributed by atoms with E-state index in [2.05, 4.69) is 4.98 Å². The highest BCUT2D eigenvalue weighted by Gasteiger charge is 2.23. The van der Waals surface area contributed by atoms with Gasteiger partial charge in [0, 0.05) is 25.9 Å². The van der Waals surface area contributed by atoms with E-state index < -0.39 is 17.2 Å². The Labute approximate surface area is 151 Å². The summed E-state index contributed by atoms with van der Waals surface area (Å²) in [5, 5.41) is 0. The van der Waals surface area contributed by atoms with Crippen LogP contribution in [-0.2, 0) is 17.8 Å². The quantitative estimate of drug-likeness (QED) is 0.846. The Morgan fingerprint density at radius 2 is 2.08 bits per heavy atom. The fourth-order valence-electron chi connectivity index (χ4n) is 3.12. The number of carbonyl (C=O) groups is 1. The minimum absolute atomic E-state index is 0.0274. The summed E-state index contributed by atoms with van der Waals surface area (Å²) in [6.45, 7) is 3.52. The number of hydrogen-bond acceptors (Lipinski definition) is 4. The van der Waals surface area contributed by atoms with Crippen LogP contribution in [-0.4, -0.2) is 39.6 Å². The fraction of sp³-hybridized carbons (Fsp3) is 0.421. The maximum Gasteiger partial charge on any atom is 0.328 e. The molecule has 7 heteroatoms. The molecule has 3 rings (SSSR count). The normalized spacial score (nSPS) is 16.6. The molecule has 138 valence electrons. The first-order chi connectivity index (χ1) is 12.6. The first-order valence-corrected chi connectivity index (χ1v) is 8.87. The molecule has 0 saturated carbocycles. The standard InChI is InChI=1S/C19H23N3O4/c1-2-21(12-14-7-4-3-5-8-14)17(23)16-11-20-19(25)22(18(16)24)13-15-9-6-10-26-15/h3-5,7-8,11,15H,2,6,9-10,12-13H2,1H3,(H,20,25). The number of ether oxygens (including phenoxy) is 1. The topological polar surface area (TPSA) is 84.4 Å². The number of aromatic nitrogens is 2. The number of benzene rings is 1. The minimum atomic E-state index is -0.569. The van der Waals surface area contributed by atoms with Gasteiger partial charge in [0.05, 0.1) is 12.6 Å². The summed E-state index contributed by atoms with van der Waals surface area (Å²) in [5.41, 5.74) is -0.138. The molecule has 0 radical (unpaired) electrons. The van der Waals surface area contributed by atoms with E-state index in [0.29, 0.717) is 19.7 Å². The molecule has 1 aromatic heterocycles. The van der Waals surface area contributed by atoms with Gasteiger partial charge in [-0.2, -0.15) is 0 Å². The number of amides is 1. The van der Waals surface area contributed by atoms with Gasteiger partial charge in [-0.3, -0.25) is 14.2 Å². The molecule has 7 nitrogen and oxygen atoms in total. The maximum absolute atomic E-state index is 12.9. The summed E-state index contributed by atoms with van der Waals surface area (Å²) < 4.78 is 6.58. The monoisotopic (exact) mass is 357 g/mol. The van der Waals surface area contributed by atoms with E-state index in [4.69, 9.17) is 4.74 Å². The summed E-state index contributed by atoms with van der Waals surface area (Å²) in [5.74, 6) is -0.390. The van der Waals surface area contributed by atoms with Crippen LogP contribution in [0, 0.1) is 0 Å². The Morgan fingerprint density at radius 3 is 2.73 bits per heavy atom. The molecule has 1 aromatic carbocycles. The number of H-pyrrole nitrogens is 1. The van der Waals surface area contributed by atoms with Gasteiger partial charge >= 0.3 is 5.69 Å². The summed E-state index contributed by atoms with van der Waals surface area (Å²) >= 11 is 0. The molecular weight excluding hydrogens is 334 g/mol. The van der Waals surface area contributed by atoms with E-state index in [-0.39, 0.29) is 18.2 Å². The van der Waals surface area contributed by atoms with Gasteiger partial charge in [0.15, 0.2) is 0 Å². The van der Waals surface area contributed by atoms with Crippen molar-refractivity contribution in [3.63, 3.8) is 0 Å². The van der Waals surface area contributed by atoms with E-state index in [1.165, 1.54) is 6.20 Å². The third kappa shape index (κ3) is 3.94. The SMILES string of the molecule is CCN(Cc1ccccc1)C(=O)c1c[nH]c(=O)n(CC2CCCO2)c1=O. The van der Waals surface area contributed by atoms with Gasteiger partial charge < -0.3 is 14.6 Å². The second kappa shape index (κ2) is 8.14. The van der Waals surface area contributed by atoms with Crippen LogP contribution in [0.1, 0.15) is 35.7 Å². The molecule has 1 unspecified atom stereocenters. The van der Waals surface area contributed by atoms with Gasteiger partial charge in [-0.25, -0.2) is 4.79 Å². The van der Waals surface area contributed by atoms with Crippen LogP contribution in [0.25, 0.3) is 0 Å². The zero-order valence-electron chi connectivity index (χ0n) is 14.8. The number of aromatic amines is 1. The second-order valence-corrected chi connectivity index (χ2v) is 6.36. The van der Waals surface area contributed by atoms with E-state index in [1.54, 1.807) is 4.90 Å². The van der Waals surface area contributed by atoms with Gasteiger partial charge in [-0.05, 0) is 25.3 Å². The zero-order chi connectivity index (χ0) is 18.5. The number of nitrogens with zero attached hydrogens (tertiary/aromatic N) is 2. The van der Waals surface area contributed by atoms with Crippen LogP contribution >= 0.6 is 0 Å². The first kappa shape index (κ1) is 18.1. The molecule has 2 aromatic rings. The lowest BCUT2D eigenvalue weighted by Gasteiger charge is -2.21. The Kier molecular flexibility index (Phi) is 5.68. The molecular formula is C19H23N3O4. The van der Waals surface area contributed by atoms with E-state index in [0.717, 1.165) is 23.0 Å². The van der Waals surface area contributed by atoms with Crippen LogP contribution in [0.5, 0.6) is 0 Å². The average Bonchev–Trinajstić information content (AvgIpc) is 3.17. The van der Waals surface area contributed by atoms with E-state index >= 15 is 0 Å². The zero-order valence-corrected chi connectivity index (χ0v) is 14.8. The molecule has 0 aliphatic carbocycles. The summed E-state index contributed by atoms with van der Waals surface area (Å²) in [7, 11) is 0. The van der Waals surface area contributed by atoms with Crippen molar-refractivity contribution in [1.82, 2.24) is 14.5 Å². The molecule has 1 fully saturated rings. The van der Waals surface area contributed by atoms with Gasteiger partial charge in [0.1, 0.15) is 5.56 Å². The Balaban J connectivity index is 1.86. The second-order valence-electron chi connectivity index (χ2n) is 6.36. The number of hydrogen-bond donors (Lipinski definition) is 1. The molecule has 0 spiro atoms. The Morgan fingerprint density at radius 1 is 1.31 bits per heavy atom. The van der Waals surface area contributed by atoms with Crippen LogP contribution in [0.4, 0.5) is 0 Å². The van der Waals surface area contributed by atoms with Crippen molar-refractivity contribution >= 4 is 5.91 Å². The van der Waals surface area contributed by atoms with E-state index in [1.807, 2.05) is 37.3 Å². The predicted octanol–water partition coefficient (Wildman–Crippen LogP) is 1.38. The van der Waals surface area contributed by atoms with Crippen LogP contribution in [0.3, 0.4) is 0 Å². The highest BCUT2D eigenvalue weighted by atomic mass is 16.5. The lowest BCUT2D eigenvalue weighted by atomic mass is 10.2. The Bertz CT molecular complexity index is 866. The van der Waals surface area contributed by atoms with Crippen molar-refractivity contribution in [3.8, 4) is 0 Å². The molecule has 1 amide bonds. The minimum Gasteiger partial charge on any atom is -0.376 e. The predicted molar refractivity (Wildman–Crippen MR) is 97.2 cm³/mol. The molecule has 1 aliphatic heterocycles. The van der Waals surface area contributed by atoms with Crippen molar-refractivity contribution in [2.24, 2.45) is 0 Å². The molecule has 1 N–H and O–H groups in total. The largest absolute Gasteiger partial charge is 0.376 e.